The second-order valence-electron chi connectivity index (χ2n) is 21.8. The van der Waals surface area contributed by atoms with Crippen LogP contribution in [0.3, 0.4) is 0 Å². The predicted octanol–water partition coefficient (Wildman–Crippen LogP) is 15.5. The average Bonchev–Trinajstić information content (AvgIpc) is 3.61. The Labute approximate surface area is 395 Å². The number of hydrogen-bond acceptors (Lipinski definition) is 4. The van der Waals surface area contributed by atoms with Gasteiger partial charge in [-0.25, -0.2) is 9.97 Å². The first-order valence-electron chi connectivity index (χ1n) is 22.4. The Bertz CT molecular complexity index is 3020. The van der Waals surface area contributed by atoms with Gasteiger partial charge in [0.25, 0.3) is 0 Å². The van der Waals surface area contributed by atoms with E-state index >= 15 is 0 Å². The minimum Gasteiger partial charge on any atom is -0.507 e. The van der Waals surface area contributed by atoms with E-state index in [-0.39, 0.29) is 48.5 Å². The minimum atomic E-state index is -0.327. The summed E-state index contributed by atoms with van der Waals surface area (Å²) in [7, 11) is 0. The van der Waals surface area contributed by atoms with Crippen molar-refractivity contribution >= 4 is 21.9 Å². The van der Waals surface area contributed by atoms with Crippen LogP contribution in [0.1, 0.15) is 131 Å². The van der Waals surface area contributed by atoms with Crippen LogP contribution in [-0.2, 0) is 42.7 Å². The standard InChI is InChI=1S/C58H63N4O.Pt/c1-35(2)37-23-25-44-48(30-37)59-34-60-51(44)39-27-38(28-41(29-39)56(6,7)8)43-21-18-22-50-52(43)61-54(46-32-42(57(9,10)11)33-47(53(46)63)58(12,13)14)62(50)49-26-24-40(55(3,4)5)31-45(49)36-19-16-15-17-20-36;/h15-26,28-35,63H,1-14H3;/q-1;. The fraction of sp³-hybridized carbons (Fsp3) is 0.328. The molecule has 0 aliphatic heterocycles. The number of rotatable bonds is 6. The van der Waals surface area contributed by atoms with Gasteiger partial charge in [-0.15, -0.1) is 29.3 Å². The first-order valence-corrected chi connectivity index (χ1v) is 22.4. The molecule has 0 fully saturated rings. The monoisotopic (exact) mass is 1030 g/mol. The second-order valence-corrected chi connectivity index (χ2v) is 21.8. The molecule has 0 aliphatic carbocycles. The van der Waals surface area contributed by atoms with Crippen molar-refractivity contribution < 1.29 is 26.2 Å². The number of benzene rings is 6. The third-order valence-corrected chi connectivity index (χ3v) is 12.5. The summed E-state index contributed by atoms with van der Waals surface area (Å²) in [4.78, 5) is 15.3. The number of imidazole rings is 1. The number of fused-ring (bicyclic) bond motifs is 2. The van der Waals surface area contributed by atoms with Crippen LogP contribution in [-0.4, -0.2) is 24.6 Å². The molecular weight excluding hydrogens is 964 g/mol. The van der Waals surface area contributed by atoms with Gasteiger partial charge >= 0.3 is 0 Å². The largest absolute Gasteiger partial charge is 0.507 e. The second kappa shape index (κ2) is 16.9. The maximum absolute atomic E-state index is 12.5. The maximum Gasteiger partial charge on any atom is 0.148 e. The quantitative estimate of drug-likeness (QED) is 0.169. The smallest absolute Gasteiger partial charge is 0.148 e. The number of hydrogen-bond donors (Lipinski definition) is 1. The first-order chi connectivity index (χ1) is 29.5. The zero-order chi connectivity index (χ0) is 45.4. The van der Waals surface area contributed by atoms with Gasteiger partial charge in [0.2, 0.25) is 0 Å². The van der Waals surface area contributed by atoms with Crippen LogP contribution in [0, 0.1) is 6.07 Å². The summed E-state index contributed by atoms with van der Waals surface area (Å²) >= 11 is 0. The van der Waals surface area contributed by atoms with Gasteiger partial charge in [-0.2, -0.15) is 0 Å². The van der Waals surface area contributed by atoms with Crippen molar-refractivity contribution in [1.29, 1.82) is 0 Å². The van der Waals surface area contributed by atoms with E-state index in [9.17, 15) is 5.11 Å². The molecule has 332 valence electrons. The number of aromatic hydroxyl groups is 1. The molecule has 8 rings (SSSR count). The van der Waals surface area contributed by atoms with E-state index in [1.807, 2.05) is 0 Å². The Morgan fingerprint density at radius 1 is 0.578 bits per heavy atom. The molecule has 0 atom stereocenters. The summed E-state index contributed by atoms with van der Waals surface area (Å²) in [5.74, 6) is 1.32. The Kier molecular flexibility index (Phi) is 12.3. The summed E-state index contributed by atoms with van der Waals surface area (Å²) in [5, 5.41) is 13.5. The van der Waals surface area contributed by atoms with E-state index < -0.39 is 0 Å². The molecule has 2 aromatic heterocycles. The Hall–Kier alpha value is -5.38. The number of aromatic nitrogens is 4. The summed E-state index contributed by atoms with van der Waals surface area (Å²) in [6.07, 6.45) is 1.67. The van der Waals surface area contributed by atoms with E-state index in [0.717, 1.165) is 72.3 Å². The zero-order valence-corrected chi connectivity index (χ0v) is 42.4. The van der Waals surface area contributed by atoms with Crippen LogP contribution in [0.25, 0.3) is 72.5 Å². The van der Waals surface area contributed by atoms with Crippen LogP contribution in [0.2, 0.25) is 0 Å². The molecule has 64 heavy (non-hydrogen) atoms. The van der Waals surface area contributed by atoms with Gasteiger partial charge in [0, 0.05) is 37.9 Å². The van der Waals surface area contributed by atoms with Gasteiger partial charge < -0.3 is 5.11 Å². The first kappa shape index (κ1) is 46.6. The molecule has 0 saturated heterocycles. The van der Waals surface area contributed by atoms with Crippen molar-refractivity contribution in [3.63, 3.8) is 0 Å². The fourth-order valence-electron chi connectivity index (χ4n) is 8.52. The minimum absolute atomic E-state index is 0. The van der Waals surface area contributed by atoms with E-state index in [1.54, 1.807) is 6.33 Å². The molecule has 0 saturated carbocycles. The fourth-order valence-corrected chi connectivity index (χ4v) is 8.52. The van der Waals surface area contributed by atoms with Crippen molar-refractivity contribution in [2.75, 3.05) is 0 Å². The third kappa shape index (κ3) is 8.86. The van der Waals surface area contributed by atoms with Crippen LogP contribution in [0.5, 0.6) is 5.75 Å². The molecule has 6 heteroatoms. The topological polar surface area (TPSA) is 63.8 Å². The van der Waals surface area contributed by atoms with Gasteiger partial charge in [-0.3, -0.25) is 9.55 Å². The van der Waals surface area contributed by atoms with Crippen molar-refractivity contribution in [3.8, 4) is 56.3 Å². The van der Waals surface area contributed by atoms with Crippen LogP contribution >= 0.6 is 0 Å². The molecule has 2 heterocycles. The van der Waals surface area contributed by atoms with Gasteiger partial charge in [-0.1, -0.05) is 175 Å². The van der Waals surface area contributed by atoms with E-state index in [1.165, 1.54) is 16.7 Å². The predicted molar refractivity (Wildman–Crippen MR) is 265 cm³/mol. The molecule has 0 unspecified atom stereocenters. The number of nitrogens with zero attached hydrogens (tertiary/aromatic N) is 4. The van der Waals surface area contributed by atoms with Crippen molar-refractivity contribution in [1.82, 2.24) is 19.5 Å². The summed E-state index contributed by atoms with van der Waals surface area (Å²) in [5.41, 5.74) is 15.1. The Morgan fingerprint density at radius 2 is 1.22 bits per heavy atom. The SMILES string of the molecule is CC(C)c1ccc2c(-c3[c-]c(-c4cccc5c4nc(-c4cc(C(C)(C)C)cc(C(C)(C)C)c4O)n5-c4ccc(C(C)(C)C)cc4-c4ccccc4)cc(C(C)(C)C)c3)ncnc2c1.[Pt]. The number of phenolic OH excluding ortho intramolecular Hbond substituents is 1. The van der Waals surface area contributed by atoms with Crippen LogP contribution in [0.4, 0.5) is 0 Å². The molecule has 8 aromatic rings. The van der Waals surface area contributed by atoms with E-state index in [0.29, 0.717) is 17.3 Å². The molecule has 0 radical (unpaired) electrons. The van der Waals surface area contributed by atoms with Gasteiger partial charge in [-0.05, 0) is 85.5 Å². The molecule has 1 N–H and O–H groups in total. The molecule has 5 nitrogen and oxygen atoms in total. The van der Waals surface area contributed by atoms with Gasteiger partial charge in [0.1, 0.15) is 17.9 Å². The van der Waals surface area contributed by atoms with E-state index in [4.69, 9.17) is 15.0 Å². The third-order valence-electron chi connectivity index (χ3n) is 12.5. The normalized spacial score (nSPS) is 12.6. The molecule has 0 aliphatic rings. The molecule has 0 amide bonds. The zero-order valence-electron chi connectivity index (χ0n) is 40.1. The average molecular weight is 1030 g/mol. The van der Waals surface area contributed by atoms with E-state index in [2.05, 4.69) is 217 Å². The van der Waals surface area contributed by atoms with Crippen molar-refractivity contribution in [3.05, 3.63) is 149 Å². The molecule has 0 spiro atoms. The van der Waals surface area contributed by atoms with Crippen LogP contribution in [0.15, 0.2) is 116 Å². The molecule has 0 bridgehead atoms. The summed E-state index contributed by atoms with van der Waals surface area (Å²) in [6, 6.07) is 43.1. The molecule has 6 aromatic carbocycles. The van der Waals surface area contributed by atoms with Crippen molar-refractivity contribution in [2.45, 2.75) is 125 Å². The van der Waals surface area contributed by atoms with Crippen molar-refractivity contribution in [2.24, 2.45) is 0 Å². The molecular formula is C58H63N4OPt-. The van der Waals surface area contributed by atoms with Crippen LogP contribution < -0.4 is 0 Å². The Balaban J connectivity index is 0.00000612. The Morgan fingerprint density at radius 3 is 1.86 bits per heavy atom. The van der Waals surface area contributed by atoms with Gasteiger partial charge in [0.15, 0.2) is 0 Å². The maximum atomic E-state index is 12.5. The van der Waals surface area contributed by atoms with Gasteiger partial charge in [0.05, 0.1) is 27.8 Å². The number of para-hydroxylation sites is 1. The number of phenols is 1. The summed E-state index contributed by atoms with van der Waals surface area (Å²) in [6.45, 7) is 31.1. The summed E-state index contributed by atoms with van der Waals surface area (Å²) < 4.78 is 2.28.